The molecule has 18 heavy (non-hydrogen) atoms. The zero-order valence-electron chi connectivity index (χ0n) is 8.58. The van der Waals surface area contributed by atoms with Crippen LogP contribution in [0.5, 0.6) is 0 Å². The molecule has 0 amide bonds. The van der Waals surface area contributed by atoms with Crippen LogP contribution in [-0.4, -0.2) is 66.7 Å². The van der Waals surface area contributed by atoms with Gasteiger partial charge in [0.1, 0.15) is 0 Å². The SMILES string of the molecule is COC(=O)c1cc(C(=O)O)cc(S(=O)(=O)O)c1.[NaH]. The molecule has 0 radical (unpaired) electrons. The fourth-order valence-corrected chi connectivity index (χ4v) is 1.66. The Kier molecular flexibility index (Phi) is 5.97. The number of hydrogen-bond acceptors (Lipinski definition) is 5. The average molecular weight is 284 g/mol. The molecule has 0 unspecified atom stereocenters. The van der Waals surface area contributed by atoms with Gasteiger partial charge in [0.15, 0.2) is 0 Å². The molecule has 1 aromatic rings. The van der Waals surface area contributed by atoms with Crippen LogP contribution < -0.4 is 0 Å². The number of carboxylic acids is 1. The predicted molar refractivity (Wildman–Crippen MR) is 61.7 cm³/mol. The van der Waals surface area contributed by atoms with E-state index in [2.05, 4.69) is 4.74 Å². The molecular weight excluding hydrogens is 275 g/mol. The van der Waals surface area contributed by atoms with Gasteiger partial charge in [-0.2, -0.15) is 8.42 Å². The summed E-state index contributed by atoms with van der Waals surface area (Å²) < 4.78 is 34.9. The van der Waals surface area contributed by atoms with Crippen molar-refractivity contribution < 1.29 is 32.4 Å². The van der Waals surface area contributed by atoms with E-state index in [1.807, 2.05) is 0 Å². The molecular formula is C9H9NaO7S. The van der Waals surface area contributed by atoms with E-state index in [9.17, 15) is 18.0 Å². The molecule has 0 heterocycles. The molecule has 2 N–H and O–H groups in total. The topological polar surface area (TPSA) is 118 Å². The predicted octanol–water partition coefficient (Wildman–Crippen LogP) is -0.230. The minimum atomic E-state index is -4.59. The molecule has 0 fully saturated rings. The molecule has 0 aromatic heterocycles. The van der Waals surface area contributed by atoms with Crippen LogP contribution in [0.3, 0.4) is 0 Å². The summed E-state index contributed by atoms with van der Waals surface area (Å²) in [6.45, 7) is 0. The van der Waals surface area contributed by atoms with Gasteiger partial charge in [0.2, 0.25) is 0 Å². The quantitative estimate of drug-likeness (QED) is 0.447. The number of carbonyl (C=O) groups excluding carboxylic acids is 1. The second-order valence-electron chi connectivity index (χ2n) is 3.02. The number of benzene rings is 1. The Balaban J connectivity index is 0.00000289. The van der Waals surface area contributed by atoms with E-state index in [1.54, 1.807) is 0 Å². The molecule has 0 aliphatic rings. The number of esters is 1. The summed E-state index contributed by atoms with van der Waals surface area (Å²) in [4.78, 5) is 21.2. The van der Waals surface area contributed by atoms with Crippen LogP contribution in [0.4, 0.5) is 0 Å². The van der Waals surface area contributed by atoms with Gasteiger partial charge in [-0.3, -0.25) is 4.55 Å². The summed E-state index contributed by atoms with van der Waals surface area (Å²) in [5.74, 6) is -2.33. The third-order valence-corrected chi connectivity index (χ3v) is 2.70. The molecule has 0 atom stereocenters. The van der Waals surface area contributed by atoms with Crippen LogP contribution in [0.25, 0.3) is 0 Å². The van der Waals surface area contributed by atoms with E-state index in [0.717, 1.165) is 25.3 Å². The summed E-state index contributed by atoms with van der Waals surface area (Å²) in [5, 5.41) is 8.73. The van der Waals surface area contributed by atoms with Gasteiger partial charge in [0, 0.05) is 0 Å². The van der Waals surface area contributed by atoms with Crippen molar-refractivity contribution in [2.24, 2.45) is 0 Å². The zero-order chi connectivity index (χ0) is 13.2. The molecule has 0 spiro atoms. The van der Waals surface area contributed by atoms with E-state index < -0.39 is 32.5 Å². The van der Waals surface area contributed by atoms with E-state index in [-0.39, 0.29) is 35.1 Å². The summed E-state index contributed by atoms with van der Waals surface area (Å²) in [6.07, 6.45) is 0. The van der Waals surface area contributed by atoms with Gasteiger partial charge in [-0.25, -0.2) is 9.59 Å². The molecule has 0 saturated heterocycles. The van der Waals surface area contributed by atoms with Crippen LogP contribution in [0.15, 0.2) is 23.1 Å². The number of carboxylic acid groups (broad SMARTS) is 1. The fourth-order valence-electron chi connectivity index (χ4n) is 1.11. The molecule has 0 aliphatic carbocycles. The van der Waals surface area contributed by atoms with Gasteiger partial charge in [-0.15, -0.1) is 0 Å². The standard InChI is InChI=1S/C9H8O7S.Na.H/c1-16-9(12)6-2-5(8(10)11)3-7(4-6)17(13,14)15;;/h2-4H,1H3,(H,10,11)(H,13,14,15);;. The van der Waals surface area contributed by atoms with Crippen LogP contribution in [0.1, 0.15) is 20.7 Å². The van der Waals surface area contributed by atoms with Crippen molar-refractivity contribution >= 4 is 51.6 Å². The van der Waals surface area contributed by atoms with Crippen molar-refractivity contribution in [3.8, 4) is 0 Å². The van der Waals surface area contributed by atoms with E-state index in [0.29, 0.717) is 0 Å². The van der Waals surface area contributed by atoms with Gasteiger partial charge >= 0.3 is 41.5 Å². The minimum absolute atomic E-state index is 0. The van der Waals surface area contributed by atoms with Crippen LogP contribution in [0, 0.1) is 0 Å². The van der Waals surface area contributed by atoms with Gasteiger partial charge in [-0.05, 0) is 18.2 Å². The Labute approximate surface area is 125 Å². The number of hydrogen-bond donors (Lipinski definition) is 2. The summed E-state index contributed by atoms with van der Waals surface area (Å²) >= 11 is 0. The molecule has 9 heteroatoms. The van der Waals surface area contributed by atoms with Crippen LogP contribution in [0.2, 0.25) is 0 Å². The Morgan fingerprint density at radius 2 is 1.67 bits per heavy atom. The van der Waals surface area contributed by atoms with Crippen LogP contribution in [-0.2, 0) is 14.9 Å². The third kappa shape index (κ3) is 4.07. The molecule has 1 rings (SSSR count). The van der Waals surface area contributed by atoms with Crippen molar-refractivity contribution in [3.05, 3.63) is 29.3 Å². The second-order valence-corrected chi connectivity index (χ2v) is 4.44. The summed E-state index contributed by atoms with van der Waals surface area (Å²) in [5.41, 5.74) is -0.722. The van der Waals surface area contributed by atoms with Gasteiger partial charge < -0.3 is 9.84 Å². The Morgan fingerprint density at radius 3 is 2.06 bits per heavy atom. The molecule has 7 nitrogen and oxygen atoms in total. The number of ether oxygens (including phenoxy) is 1. The molecule has 1 aromatic carbocycles. The maximum absolute atomic E-state index is 11.2. The van der Waals surface area contributed by atoms with Gasteiger partial charge in [0.05, 0.1) is 23.1 Å². The number of methoxy groups -OCH3 is 1. The van der Waals surface area contributed by atoms with Gasteiger partial charge in [0.25, 0.3) is 10.1 Å². The normalized spacial score (nSPS) is 10.3. The summed E-state index contributed by atoms with van der Waals surface area (Å²) in [7, 11) is -3.54. The van der Waals surface area contributed by atoms with E-state index in [1.165, 1.54) is 0 Å². The molecule has 0 aliphatic heterocycles. The first-order valence-electron chi connectivity index (χ1n) is 4.20. The maximum atomic E-state index is 11.2. The Bertz CT molecular complexity index is 579. The molecule has 0 saturated carbocycles. The van der Waals surface area contributed by atoms with E-state index in [4.69, 9.17) is 9.66 Å². The average Bonchev–Trinajstić information content (AvgIpc) is 2.26. The fraction of sp³-hybridized carbons (Fsp3) is 0.111. The third-order valence-electron chi connectivity index (χ3n) is 1.87. The summed E-state index contributed by atoms with van der Waals surface area (Å²) in [6, 6.07) is 2.51. The van der Waals surface area contributed by atoms with Crippen LogP contribution >= 0.6 is 0 Å². The van der Waals surface area contributed by atoms with E-state index >= 15 is 0 Å². The monoisotopic (exact) mass is 284 g/mol. The number of carbonyl (C=O) groups is 2. The van der Waals surface area contributed by atoms with Crippen molar-refractivity contribution in [3.63, 3.8) is 0 Å². The zero-order valence-corrected chi connectivity index (χ0v) is 9.39. The van der Waals surface area contributed by atoms with Crippen molar-refractivity contribution in [2.75, 3.05) is 7.11 Å². The first-order valence-corrected chi connectivity index (χ1v) is 5.64. The van der Waals surface area contributed by atoms with Gasteiger partial charge in [-0.1, -0.05) is 0 Å². The first kappa shape index (κ1) is 17.1. The second kappa shape index (κ2) is 6.30. The van der Waals surface area contributed by atoms with Crippen molar-refractivity contribution in [2.45, 2.75) is 4.90 Å². The first-order chi connectivity index (χ1) is 7.75. The molecule has 94 valence electrons. The van der Waals surface area contributed by atoms with Crippen molar-refractivity contribution in [1.82, 2.24) is 0 Å². The number of rotatable bonds is 3. The molecule has 0 bridgehead atoms. The Morgan fingerprint density at radius 1 is 1.17 bits per heavy atom. The van der Waals surface area contributed by atoms with Crippen molar-refractivity contribution in [1.29, 1.82) is 0 Å². The Hall–Kier alpha value is -0.930. The number of aromatic carboxylic acids is 1.